The van der Waals surface area contributed by atoms with Gasteiger partial charge >= 0.3 is 0 Å². The quantitative estimate of drug-likeness (QED) is 0.791. The van der Waals surface area contributed by atoms with Crippen molar-refractivity contribution in [3.63, 3.8) is 0 Å². The lowest BCUT2D eigenvalue weighted by molar-refractivity contribution is 0.0178. The fraction of sp³-hybridized carbons (Fsp3) is 1.00. The molecule has 1 saturated carbocycles. The van der Waals surface area contributed by atoms with Crippen LogP contribution in [0.25, 0.3) is 0 Å². The zero-order chi connectivity index (χ0) is 14.0. The summed E-state index contributed by atoms with van der Waals surface area (Å²) < 4.78 is 5.46. The second kappa shape index (κ2) is 6.30. The standard InChI is InChI=1S/C16H31N3O/c1-16(2,12-17-14-3-4-14)13-18-6-5-15(11-18)19-7-9-20-10-8-19/h14-15,17H,3-13H2,1-2H3. The van der Waals surface area contributed by atoms with Crippen molar-refractivity contribution in [1.82, 2.24) is 15.1 Å². The third-order valence-electron chi connectivity index (χ3n) is 4.91. The molecule has 3 fully saturated rings. The summed E-state index contributed by atoms with van der Waals surface area (Å²) in [7, 11) is 0. The van der Waals surface area contributed by atoms with Gasteiger partial charge in [0.1, 0.15) is 0 Å². The van der Waals surface area contributed by atoms with Crippen molar-refractivity contribution in [3.05, 3.63) is 0 Å². The number of likely N-dealkylation sites (tertiary alicyclic amines) is 1. The van der Waals surface area contributed by atoms with Gasteiger partial charge in [-0.3, -0.25) is 4.90 Å². The largest absolute Gasteiger partial charge is 0.379 e. The Bertz CT molecular complexity index is 311. The minimum Gasteiger partial charge on any atom is -0.379 e. The van der Waals surface area contributed by atoms with Crippen LogP contribution in [0.4, 0.5) is 0 Å². The van der Waals surface area contributed by atoms with Gasteiger partial charge in [-0.15, -0.1) is 0 Å². The van der Waals surface area contributed by atoms with E-state index in [0.29, 0.717) is 5.41 Å². The highest BCUT2D eigenvalue weighted by Gasteiger charge is 2.32. The molecule has 116 valence electrons. The van der Waals surface area contributed by atoms with Crippen LogP contribution in [-0.2, 0) is 4.74 Å². The van der Waals surface area contributed by atoms with Gasteiger partial charge in [0, 0.05) is 44.8 Å². The molecule has 3 rings (SSSR count). The zero-order valence-corrected chi connectivity index (χ0v) is 13.2. The van der Waals surface area contributed by atoms with Crippen molar-refractivity contribution in [2.45, 2.75) is 45.2 Å². The number of hydrogen-bond acceptors (Lipinski definition) is 4. The average Bonchev–Trinajstić information content (AvgIpc) is 3.17. The topological polar surface area (TPSA) is 27.7 Å². The number of rotatable bonds is 6. The van der Waals surface area contributed by atoms with Gasteiger partial charge in [0.05, 0.1) is 13.2 Å². The van der Waals surface area contributed by atoms with E-state index in [0.717, 1.165) is 44.9 Å². The van der Waals surface area contributed by atoms with Crippen molar-refractivity contribution >= 4 is 0 Å². The average molecular weight is 281 g/mol. The monoisotopic (exact) mass is 281 g/mol. The molecule has 0 spiro atoms. The van der Waals surface area contributed by atoms with E-state index in [1.807, 2.05) is 0 Å². The summed E-state index contributed by atoms with van der Waals surface area (Å²) in [4.78, 5) is 5.31. The highest BCUT2D eigenvalue weighted by molar-refractivity contribution is 4.89. The van der Waals surface area contributed by atoms with Crippen molar-refractivity contribution in [2.24, 2.45) is 5.41 Å². The van der Waals surface area contributed by atoms with Crippen molar-refractivity contribution in [2.75, 3.05) is 52.5 Å². The van der Waals surface area contributed by atoms with Crippen molar-refractivity contribution in [1.29, 1.82) is 0 Å². The highest BCUT2D eigenvalue weighted by Crippen LogP contribution is 2.25. The summed E-state index contributed by atoms with van der Waals surface area (Å²) in [5.74, 6) is 0. The van der Waals surface area contributed by atoms with Gasteiger partial charge in [0.25, 0.3) is 0 Å². The van der Waals surface area contributed by atoms with Crippen LogP contribution in [0.1, 0.15) is 33.1 Å². The molecular formula is C16H31N3O. The molecule has 20 heavy (non-hydrogen) atoms. The molecule has 1 N–H and O–H groups in total. The fourth-order valence-corrected chi connectivity index (χ4v) is 3.57. The minimum atomic E-state index is 0.391. The van der Waals surface area contributed by atoms with Crippen LogP contribution < -0.4 is 5.32 Å². The molecule has 0 aromatic rings. The van der Waals surface area contributed by atoms with Gasteiger partial charge in [-0.05, 0) is 31.2 Å². The van der Waals surface area contributed by atoms with Crippen LogP contribution in [0.2, 0.25) is 0 Å². The summed E-state index contributed by atoms with van der Waals surface area (Å²) >= 11 is 0. The fourth-order valence-electron chi connectivity index (χ4n) is 3.57. The van der Waals surface area contributed by atoms with Gasteiger partial charge in [-0.25, -0.2) is 0 Å². The van der Waals surface area contributed by atoms with Crippen LogP contribution in [-0.4, -0.2) is 74.4 Å². The molecule has 1 atom stereocenters. The SMILES string of the molecule is CC(C)(CNC1CC1)CN1CCC(N2CCOCC2)C1. The molecule has 0 aromatic carbocycles. The molecule has 3 aliphatic rings. The van der Waals surface area contributed by atoms with E-state index in [1.54, 1.807) is 0 Å². The second-order valence-electron chi connectivity index (χ2n) is 7.65. The van der Waals surface area contributed by atoms with E-state index in [-0.39, 0.29) is 0 Å². The summed E-state index contributed by atoms with van der Waals surface area (Å²) in [6.45, 7) is 13.8. The Morgan fingerprint density at radius 1 is 1.10 bits per heavy atom. The van der Waals surface area contributed by atoms with E-state index < -0.39 is 0 Å². The summed E-state index contributed by atoms with van der Waals surface area (Å²) in [5.41, 5.74) is 0.391. The van der Waals surface area contributed by atoms with Gasteiger partial charge in [-0.1, -0.05) is 13.8 Å². The molecule has 4 nitrogen and oxygen atoms in total. The lowest BCUT2D eigenvalue weighted by atomic mass is 9.92. The maximum atomic E-state index is 5.46. The molecule has 4 heteroatoms. The molecule has 1 aliphatic carbocycles. The maximum absolute atomic E-state index is 5.46. The van der Waals surface area contributed by atoms with Gasteiger partial charge in [0.15, 0.2) is 0 Å². The summed E-state index contributed by atoms with van der Waals surface area (Å²) in [6.07, 6.45) is 4.12. The Kier molecular flexibility index (Phi) is 4.65. The normalized spacial score (nSPS) is 30.0. The molecular weight excluding hydrogens is 250 g/mol. The van der Waals surface area contributed by atoms with E-state index in [9.17, 15) is 0 Å². The Balaban J connectivity index is 1.41. The van der Waals surface area contributed by atoms with Gasteiger partial charge in [0.2, 0.25) is 0 Å². The molecule has 0 amide bonds. The first kappa shape index (κ1) is 14.8. The predicted octanol–water partition coefficient (Wildman–Crippen LogP) is 1.17. The van der Waals surface area contributed by atoms with E-state index >= 15 is 0 Å². The number of hydrogen-bond donors (Lipinski definition) is 1. The van der Waals surface area contributed by atoms with Crippen LogP contribution in [0.3, 0.4) is 0 Å². The Morgan fingerprint density at radius 3 is 2.55 bits per heavy atom. The first-order valence-corrected chi connectivity index (χ1v) is 8.40. The first-order valence-electron chi connectivity index (χ1n) is 8.40. The van der Waals surface area contributed by atoms with E-state index in [4.69, 9.17) is 4.74 Å². The lowest BCUT2D eigenvalue weighted by Gasteiger charge is -2.34. The number of nitrogens with zero attached hydrogens (tertiary/aromatic N) is 2. The number of ether oxygens (including phenoxy) is 1. The Hall–Kier alpha value is -0.160. The molecule has 0 bridgehead atoms. The third kappa shape index (κ3) is 4.17. The Morgan fingerprint density at radius 2 is 1.85 bits per heavy atom. The molecule has 2 aliphatic heterocycles. The minimum absolute atomic E-state index is 0.391. The smallest absolute Gasteiger partial charge is 0.0594 e. The highest BCUT2D eigenvalue weighted by atomic mass is 16.5. The predicted molar refractivity (Wildman–Crippen MR) is 82.0 cm³/mol. The van der Waals surface area contributed by atoms with Crippen LogP contribution >= 0.6 is 0 Å². The molecule has 0 aromatic heterocycles. The summed E-state index contributed by atoms with van der Waals surface area (Å²) in [6, 6.07) is 1.60. The van der Waals surface area contributed by atoms with Gasteiger partial charge in [-0.2, -0.15) is 0 Å². The van der Waals surface area contributed by atoms with Crippen LogP contribution in [0.15, 0.2) is 0 Å². The van der Waals surface area contributed by atoms with E-state index in [1.165, 1.54) is 38.9 Å². The lowest BCUT2D eigenvalue weighted by Crippen LogP contribution is -2.46. The van der Waals surface area contributed by atoms with E-state index in [2.05, 4.69) is 29.0 Å². The molecule has 0 radical (unpaired) electrons. The number of morpholine rings is 1. The van der Waals surface area contributed by atoms with Gasteiger partial charge < -0.3 is 15.0 Å². The second-order valence-corrected chi connectivity index (χ2v) is 7.65. The van der Waals surface area contributed by atoms with Crippen molar-refractivity contribution in [3.8, 4) is 0 Å². The first-order chi connectivity index (χ1) is 9.62. The molecule has 1 unspecified atom stereocenters. The maximum Gasteiger partial charge on any atom is 0.0594 e. The Labute approximate surface area is 123 Å². The van der Waals surface area contributed by atoms with Crippen molar-refractivity contribution < 1.29 is 4.74 Å². The number of nitrogens with one attached hydrogen (secondary N) is 1. The van der Waals surface area contributed by atoms with Crippen LogP contribution in [0.5, 0.6) is 0 Å². The molecule has 2 saturated heterocycles. The summed E-state index contributed by atoms with van der Waals surface area (Å²) in [5, 5.41) is 3.69. The zero-order valence-electron chi connectivity index (χ0n) is 13.2. The third-order valence-corrected chi connectivity index (χ3v) is 4.91. The molecule has 2 heterocycles. The van der Waals surface area contributed by atoms with Crippen LogP contribution in [0, 0.1) is 5.41 Å².